The Labute approximate surface area is 139 Å². The summed E-state index contributed by atoms with van der Waals surface area (Å²) < 4.78 is 14.1. The van der Waals surface area contributed by atoms with Crippen LogP contribution in [0.4, 0.5) is 4.39 Å². The molecule has 1 amide bonds. The second-order valence-electron chi connectivity index (χ2n) is 5.36. The molecule has 1 aromatic carbocycles. The molecule has 2 rings (SSSR count). The van der Waals surface area contributed by atoms with Gasteiger partial charge in [-0.2, -0.15) is 0 Å². The standard InChI is InChI=1S/C18H19FN2O3/c1-2-3-11-20-18(24)16(21-12-5-4-6-15(21)22)17(23)13-7-9-14(19)10-8-13/h4-10,12,16H,2-3,11H2,1H3,(H,20,24)/t16-/m0/s1. The molecule has 1 atom stereocenters. The lowest BCUT2D eigenvalue weighted by atomic mass is 10.0. The molecule has 0 saturated heterocycles. The molecule has 0 aliphatic carbocycles. The maximum absolute atomic E-state index is 13.1. The van der Waals surface area contributed by atoms with Gasteiger partial charge in [-0.3, -0.25) is 19.0 Å². The van der Waals surface area contributed by atoms with Crippen LogP contribution in [0.25, 0.3) is 0 Å². The molecule has 0 radical (unpaired) electrons. The number of carbonyl (C=O) groups excluding carboxylic acids is 2. The van der Waals surface area contributed by atoms with E-state index < -0.39 is 29.1 Å². The van der Waals surface area contributed by atoms with Gasteiger partial charge in [0, 0.05) is 24.4 Å². The first-order valence-electron chi connectivity index (χ1n) is 7.79. The molecule has 0 aliphatic rings. The molecular weight excluding hydrogens is 311 g/mol. The highest BCUT2D eigenvalue weighted by molar-refractivity contribution is 6.11. The SMILES string of the molecule is CCCCNC(=O)[C@H](C(=O)c1ccc(F)cc1)n1ccccc1=O. The summed E-state index contributed by atoms with van der Waals surface area (Å²) in [6.45, 7) is 2.40. The van der Waals surface area contributed by atoms with Gasteiger partial charge >= 0.3 is 0 Å². The Morgan fingerprint density at radius 1 is 1.17 bits per heavy atom. The normalized spacial score (nSPS) is 11.8. The van der Waals surface area contributed by atoms with Gasteiger partial charge in [-0.15, -0.1) is 0 Å². The number of unbranched alkanes of at least 4 members (excludes halogenated alkanes) is 1. The summed E-state index contributed by atoms with van der Waals surface area (Å²) in [4.78, 5) is 37.3. The summed E-state index contributed by atoms with van der Waals surface area (Å²) in [6.07, 6.45) is 3.06. The molecule has 2 aromatic rings. The second-order valence-corrected chi connectivity index (χ2v) is 5.36. The molecule has 1 heterocycles. The Balaban J connectivity index is 2.37. The topological polar surface area (TPSA) is 68.2 Å². The molecule has 0 fully saturated rings. The fourth-order valence-electron chi connectivity index (χ4n) is 2.28. The molecule has 0 bridgehead atoms. The van der Waals surface area contributed by atoms with Crippen molar-refractivity contribution in [2.24, 2.45) is 0 Å². The van der Waals surface area contributed by atoms with Crippen LogP contribution < -0.4 is 10.9 Å². The minimum atomic E-state index is -1.32. The van der Waals surface area contributed by atoms with Gasteiger partial charge in [0.15, 0.2) is 11.8 Å². The van der Waals surface area contributed by atoms with E-state index in [1.54, 1.807) is 6.07 Å². The van der Waals surface area contributed by atoms with E-state index >= 15 is 0 Å². The first-order valence-corrected chi connectivity index (χ1v) is 7.79. The monoisotopic (exact) mass is 330 g/mol. The van der Waals surface area contributed by atoms with Crippen molar-refractivity contribution in [3.63, 3.8) is 0 Å². The van der Waals surface area contributed by atoms with Gasteiger partial charge < -0.3 is 5.32 Å². The van der Waals surface area contributed by atoms with Crippen molar-refractivity contribution in [2.45, 2.75) is 25.8 Å². The third-order valence-electron chi connectivity index (χ3n) is 3.58. The lowest BCUT2D eigenvalue weighted by Gasteiger charge is -2.18. The third-order valence-corrected chi connectivity index (χ3v) is 3.58. The van der Waals surface area contributed by atoms with E-state index in [9.17, 15) is 18.8 Å². The Morgan fingerprint density at radius 2 is 1.88 bits per heavy atom. The smallest absolute Gasteiger partial charge is 0.251 e. The summed E-state index contributed by atoms with van der Waals surface area (Å²) >= 11 is 0. The van der Waals surface area contributed by atoms with Crippen molar-refractivity contribution in [1.82, 2.24) is 9.88 Å². The summed E-state index contributed by atoms with van der Waals surface area (Å²) in [7, 11) is 0. The molecule has 1 aromatic heterocycles. The zero-order valence-electron chi connectivity index (χ0n) is 13.4. The summed E-state index contributed by atoms with van der Waals surface area (Å²) in [5.74, 6) is -1.59. The molecule has 1 N–H and O–H groups in total. The van der Waals surface area contributed by atoms with Crippen LogP contribution in [-0.2, 0) is 4.79 Å². The molecule has 0 unspecified atom stereocenters. The number of aromatic nitrogens is 1. The van der Waals surface area contributed by atoms with Crippen LogP contribution in [0.2, 0.25) is 0 Å². The van der Waals surface area contributed by atoms with Crippen molar-refractivity contribution < 1.29 is 14.0 Å². The van der Waals surface area contributed by atoms with E-state index in [1.807, 2.05) is 6.92 Å². The molecule has 0 saturated carbocycles. The minimum absolute atomic E-state index is 0.169. The van der Waals surface area contributed by atoms with E-state index in [0.717, 1.165) is 29.5 Å². The van der Waals surface area contributed by atoms with Crippen molar-refractivity contribution in [3.05, 3.63) is 70.4 Å². The fourth-order valence-corrected chi connectivity index (χ4v) is 2.28. The van der Waals surface area contributed by atoms with Crippen LogP contribution in [0.1, 0.15) is 36.2 Å². The van der Waals surface area contributed by atoms with E-state index in [-0.39, 0.29) is 5.56 Å². The van der Waals surface area contributed by atoms with E-state index in [2.05, 4.69) is 5.32 Å². The molecular formula is C18H19FN2O3. The van der Waals surface area contributed by atoms with Crippen LogP contribution in [0.3, 0.4) is 0 Å². The number of carbonyl (C=O) groups is 2. The average Bonchev–Trinajstić information content (AvgIpc) is 2.57. The van der Waals surface area contributed by atoms with Gasteiger partial charge in [0.2, 0.25) is 0 Å². The number of pyridine rings is 1. The lowest BCUT2D eigenvalue weighted by molar-refractivity contribution is -0.123. The van der Waals surface area contributed by atoms with Crippen LogP contribution >= 0.6 is 0 Å². The lowest BCUT2D eigenvalue weighted by Crippen LogP contribution is -2.41. The van der Waals surface area contributed by atoms with Crippen molar-refractivity contribution in [1.29, 1.82) is 0 Å². The summed E-state index contributed by atoms with van der Waals surface area (Å²) in [5, 5.41) is 2.68. The highest BCUT2D eigenvalue weighted by atomic mass is 19.1. The molecule has 5 nitrogen and oxygen atoms in total. The van der Waals surface area contributed by atoms with Gasteiger partial charge in [0.25, 0.3) is 11.5 Å². The van der Waals surface area contributed by atoms with Gasteiger partial charge in [-0.05, 0) is 36.8 Å². The number of Topliss-reactive ketones (excluding diaryl/α,β-unsaturated/α-hetero) is 1. The number of halogens is 1. The van der Waals surface area contributed by atoms with Crippen molar-refractivity contribution in [2.75, 3.05) is 6.54 Å². The van der Waals surface area contributed by atoms with Gasteiger partial charge in [0.05, 0.1) is 0 Å². The number of amides is 1. The van der Waals surface area contributed by atoms with E-state index in [4.69, 9.17) is 0 Å². The quantitative estimate of drug-likeness (QED) is 0.481. The molecule has 0 aliphatic heterocycles. The van der Waals surface area contributed by atoms with Gasteiger partial charge in [-0.25, -0.2) is 4.39 Å². The van der Waals surface area contributed by atoms with E-state index in [0.29, 0.717) is 6.54 Å². The number of nitrogens with zero attached hydrogens (tertiary/aromatic N) is 1. The number of nitrogens with one attached hydrogen (secondary N) is 1. The molecule has 24 heavy (non-hydrogen) atoms. The maximum Gasteiger partial charge on any atom is 0.251 e. The number of rotatable bonds is 7. The molecule has 0 spiro atoms. The summed E-state index contributed by atoms with van der Waals surface area (Å²) in [5.41, 5.74) is -0.286. The average molecular weight is 330 g/mol. The van der Waals surface area contributed by atoms with Gasteiger partial charge in [-0.1, -0.05) is 19.4 Å². The third kappa shape index (κ3) is 4.16. The predicted octanol–water partition coefficient (Wildman–Crippen LogP) is 2.33. The number of hydrogen-bond acceptors (Lipinski definition) is 3. The predicted molar refractivity (Wildman–Crippen MR) is 88.4 cm³/mol. The molecule has 6 heteroatoms. The van der Waals surface area contributed by atoms with Crippen LogP contribution in [0.15, 0.2) is 53.5 Å². The number of benzene rings is 1. The zero-order valence-corrected chi connectivity index (χ0v) is 13.4. The van der Waals surface area contributed by atoms with Crippen molar-refractivity contribution in [3.8, 4) is 0 Å². The highest BCUT2D eigenvalue weighted by Gasteiger charge is 2.29. The first kappa shape index (κ1) is 17.6. The van der Waals surface area contributed by atoms with Crippen LogP contribution in [0, 0.1) is 5.82 Å². The van der Waals surface area contributed by atoms with Crippen LogP contribution in [-0.4, -0.2) is 22.8 Å². The second kappa shape index (κ2) is 8.19. The Kier molecular flexibility index (Phi) is 6.01. The van der Waals surface area contributed by atoms with Gasteiger partial charge in [0.1, 0.15) is 5.82 Å². The largest absolute Gasteiger partial charge is 0.354 e. The minimum Gasteiger partial charge on any atom is -0.354 e. The Morgan fingerprint density at radius 3 is 2.50 bits per heavy atom. The Bertz CT molecular complexity index is 768. The number of ketones is 1. The zero-order chi connectivity index (χ0) is 17.5. The van der Waals surface area contributed by atoms with Crippen LogP contribution in [0.5, 0.6) is 0 Å². The maximum atomic E-state index is 13.1. The first-order chi connectivity index (χ1) is 11.5. The van der Waals surface area contributed by atoms with E-state index in [1.165, 1.54) is 30.5 Å². The summed E-state index contributed by atoms with van der Waals surface area (Å²) in [6, 6.07) is 7.97. The highest BCUT2D eigenvalue weighted by Crippen LogP contribution is 2.14. The fraction of sp³-hybridized carbons (Fsp3) is 0.278. The number of hydrogen-bond donors (Lipinski definition) is 1. The Hall–Kier alpha value is -2.76. The van der Waals surface area contributed by atoms with Crippen molar-refractivity contribution >= 4 is 11.7 Å². The molecule has 126 valence electrons.